The Labute approximate surface area is 268 Å². The number of aryl methyl sites for hydroxylation is 1. The van der Waals surface area contributed by atoms with Crippen LogP contribution in [-0.2, 0) is 39.1 Å². The van der Waals surface area contributed by atoms with E-state index < -0.39 is 44.1 Å². The third-order valence-corrected chi connectivity index (χ3v) is 11.0. The molecule has 0 amide bonds. The molecule has 10 nitrogen and oxygen atoms in total. The normalized spacial score (nSPS) is 12.9. The van der Waals surface area contributed by atoms with Crippen LogP contribution in [0.1, 0.15) is 22.6 Å². The first kappa shape index (κ1) is 33.5. The number of furan rings is 1. The number of amidine groups is 1. The minimum Gasteiger partial charge on any atom is -0.455 e. The number of hydrogen-bond donors (Lipinski definition) is 2. The van der Waals surface area contributed by atoms with Crippen LogP contribution in [-0.4, -0.2) is 32.7 Å². The average molecular weight is 684 g/mol. The Hall–Kier alpha value is -4.86. The fourth-order valence-electron chi connectivity index (χ4n) is 5.07. The number of nitrogens with one attached hydrogen (secondary N) is 1. The number of hydrogen-bond acceptors (Lipinski definition) is 8. The molecular weight excluding hydrogens is 656 g/mol. The molecule has 0 aliphatic rings. The highest BCUT2D eigenvalue weighted by Gasteiger charge is 2.36. The molecule has 0 bridgehead atoms. The predicted octanol–water partition coefficient (Wildman–Crippen LogP) is 6.89. The maximum absolute atomic E-state index is 14.3. The SMILES string of the molecule is Cc1ccc2ccccc2c1S(=O)(=O)N(Cc1ccc(-c2cccc(S(=O)(=O)C/C(N=N)=N\N)c2)cc1)Cc1ccc(C(F)(F)F)o1. The zero-order valence-corrected chi connectivity index (χ0v) is 26.4. The number of rotatable bonds is 10. The Morgan fingerprint density at radius 3 is 2.26 bits per heavy atom. The van der Waals surface area contributed by atoms with Gasteiger partial charge in [-0.3, -0.25) is 0 Å². The molecule has 5 rings (SSSR count). The summed E-state index contributed by atoms with van der Waals surface area (Å²) >= 11 is 0. The summed E-state index contributed by atoms with van der Waals surface area (Å²) in [6, 6.07) is 25.0. The average Bonchev–Trinajstić information content (AvgIpc) is 3.53. The van der Waals surface area contributed by atoms with Crippen molar-refractivity contribution in [3.05, 3.63) is 120 Å². The van der Waals surface area contributed by atoms with E-state index in [9.17, 15) is 30.0 Å². The van der Waals surface area contributed by atoms with Crippen molar-refractivity contribution in [3.8, 4) is 11.1 Å². The Morgan fingerprint density at radius 1 is 0.872 bits per heavy atom. The van der Waals surface area contributed by atoms with E-state index in [1.807, 2.05) is 0 Å². The Kier molecular flexibility index (Phi) is 9.34. The van der Waals surface area contributed by atoms with Crippen LogP contribution < -0.4 is 5.84 Å². The van der Waals surface area contributed by atoms with Crippen LogP contribution in [0.3, 0.4) is 0 Å². The van der Waals surface area contributed by atoms with Crippen LogP contribution in [0.2, 0.25) is 0 Å². The number of alkyl halides is 3. The number of fused-ring (bicyclic) bond motifs is 1. The lowest BCUT2D eigenvalue weighted by Gasteiger charge is -2.24. The third-order valence-electron chi connectivity index (χ3n) is 7.38. The van der Waals surface area contributed by atoms with Gasteiger partial charge in [-0.15, -0.1) is 5.11 Å². The fraction of sp³-hybridized carbons (Fsp3) is 0.156. The lowest BCUT2D eigenvalue weighted by atomic mass is 10.0. The molecule has 0 spiro atoms. The molecule has 0 saturated heterocycles. The zero-order chi connectivity index (χ0) is 34.0. The molecule has 0 radical (unpaired) electrons. The van der Waals surface area contributed by atoms with Crippen molar-refractivity contribution in [2.75, 3.05) is 5.75 Å². The smallest absolute Gasteiger partial charge is 0.449 e. The Morgan fingerprint density at radius 2 is 1.60 bits per heavy atom. The van der Waals surface area contributed by atoms with Crippen LogP contribution in [0.15, 0.2) is 121 Å². The van der Waals surface area contributed by atoms with Gasteiger partial charge in [0.2, 0.25) is 15.8 Å². The summed E-state index contributed by atoms with van der Waals surface area (Å²) in [5, 5.41) is 7.38. The van der Waals surface area contributed by atoms with Gasteiger partial charge in [0, 0.05) is 11.9 Å². The number of halogens is 3. The van der Waals surface area contributed by atoms with Gasteiger partial charge >= 0.3 is 6.18 Å². The highest BCUT2D eigenvalue weighted by atomic mass is 32.2. The lowest BCUT2D eigenvalue weighted by molar-refractivity contribution is -0.153. The largest absolute Gasteiger partial charge is 0.455 e. The minimum atomic E-state index is -4.74. The molecule has 0 atom stereocenters. The standard InChI is InChI=1S/C32H28F3N5O5S2/c1-21-9-12-24-5-2-3-8-28(24)31(21)47(43,44)40(19-26-15-16-29(45-26)32(33,34)35)18-22-10-13-23(14-11-22)25-6-4-7-27(17-25)46(41,42)20-30(38-36)39-37/h2-17,36H,18-20,37H2,1H3/b38-36?,39-30+. The van der Waals surface area contributed by atoms with Crippen LogP contribution in [0.25, 0.3) is 21.9 Å². The second kappa shape index (κ2) is 13.1. The van der Waals surface area contributed by atoms with E-state index >= 15 is 0 Å². The molecule has 3 N–H and O–H groups in total. The summed E-state index contributed by atoms with van der Waals surface area (Å²) in [7, 11) is -8.21. The monoisotopic (exact) mass is 683 g/mol. The van der Waals surface area contributed by atoms with E-state index in [0.717, 1.165) is 16.4 Å². The van der Waals surface area contributed by atoms with Gasteiger partial charge in [0.1, 0.15) is 11.5 Å². The first-order valence-corrected chi connectivity index (χ1v) is 17.0. The summed E-state index contributed by atoms with van der Waals surface area (Å²) < 4.78 is 100. The van der Waals surface area contributed by atoms with E-state index in [1.54, 1.807) is 79.7 Å². The summed E-state index contributed by atoms with van der Waals surface area (Å²) in [4.78, 5) is -0.00261. The Balaban J connectivity index is 1.49. The van der Waals surface area contributed by atoms with E-state index in [-0.39, 0.29) is 27.9 Å². The van der Waals surface area contributed by atoms with Gasteiger partial charge in [-0.05, 0) is 58.8 Å². The summed E-state index contributed by atoms with van der Waals surface area (Å²) in [6.45, 7) is 0.974. The van der Waals surface area contributed by atoms with Crippen LogP contribution in [0.5, 0.6) is 0 Å². The Bertz CT molecular complexity index is 2200. The number of benzene rings is 4. The van der Waals surface area contributed by atoms with Gasteiger partial charge in [-0.25, -0.2) is 22.4 Å². The maximum atomic E-state index is 14.3. The first-order valence-electron chi connectivity index (χ1n) is 13.9. The molecule has 15 heteroatoms. The number of hydrazone groups is 1. The van der Waals surface area contributed by atoms with Crippen LogP contribution >= 0.6 is 0 Å². The fourth-order valence-corrected chi connectivity index (χ4v) is 8.12. The number of nitrogens with zero attached hydrogens (tertiary/aromatic N) is 3. The molecule has 4 aromatic carbocycles. The number of nitrogens with two attached hydrogens (primary N) is 1. The van der Waals surface area contributed by atoms with Crippen molar-refractivity contribution in [2.45, 2.75) is 36.0 Å². The zero-order valence-electron chi connectivity index (χ0n) is 24.8. The van der Waals surface area contributed by atoms with Crippen LogP contribution in [0, 0.1) is 12.5 Å². The second-order valence-electron chi connectivity index (χ2n) is 10.6. The van der Waals surface area contributed by atoms with Crippen molar-refractivity contribution < 1.29 is 34.4 Å². The molecule has 244 valence electrons. The van der Waals surface area contributed by atoms with Crippen molar-refractivity contribution in [1.29, 1.82) is 5.53 Å². The van der Waals surface area contributed by atoms with Crippen molar-refractivity contribution in [3.63, 3.8) is 0 Å². The van der Waals surface area contributed by atoms with Gasteiger partial charge in [-0.1, -0.05) is 72.8 Å². The number of sulfonamides is 1. The van der Waals surface area contributed by atoms with Crippen LogP contribution in [0.4, 0.5) is 13.2 Å². The van der Waals surface area contributed by atoms with Gasteiger partial charge in [0.25, 0.3) is 0 Å². The van der Waals surface area contributed by atoms with Gasteiger partial charge < -0.3 is 10.3 Å². The molecule has 47 heavy (non-hydrogen) atoms. The molecule has 5 aromatic rings. The minimum absolute atomic E-state index is 0.0360. The van der Waals surface area contributed by atoms with Crippen molar-refractivity contribution >= 4 is 36.5 Å². The molecule has 0 fully saturated rings. The summed E-state index contributed by atoms with van der Waals surface area (Å²) in [5.74, 6) is 2.67. The summed E-state index contributed by atoms with van der Waals surface area (Å²) in [5.41, 5.74) is 9.17. The van der Waals surface area contributed by atoms with Crippen molar-refractivity contribution in [2.24, 2.45) is 16.1 Å². The van der Waals surface area contributed by atoms with Gasteiger partial charge in [0.05, 0.1) is 16.3 Å². The van der Waals surface area contributed by atoms with Gasteiger partial charge in [0.15, 0.2) is 15.7 Å². The first-order chi connectivity index (χ1) is 22.2. The molecule has 1 heterocycles. The van der Waals surface area contributed by atoms with Crippen molar-refractivity contribution in [1.82, 2.24) is 4.31 Å². The van der Waals surface area contributed by atoms with E-state index in [2.05, 4.69) is 10.2 Å². The molecular formula is C32H28F3N5O5S2. The third kappa shape index (κ3) is 7.26. The summed E-state index contributed by atoms with van der Waals surface area (Å²) in [6.07, 6.45) is -4.74. The highest BCUT2D eigenvalue weighted by molar-refractivity contribution is 7.92. The molecule has 0 saturated carbocycles. The number of sulfone groups is 1. The highest BCUT2D eigenvalue weighted by Crippen LogP contribution is 2.34. The topological polar surface area (TPSA) is 159 Å². The van der Waals surface area contributed by atoms with E-state index in [4.69, 9.17) is 15.8 Å². The van der Waals surface area contributed by atoms with Gasteiger partial charge in [-0.2, -0.15) is 22.6 Å². The quantitative estimate of drug-likeness (QED) is 0.0536. The molecule has 0 aliphatic carbocycles. The second-order valence-corrected chi connectivity index (χ2v) is 14.5. The molecule has 0 aliphatic heterocycles. The maximum Gasteiger partial charge on any atom is 0.449 e. The van der Waals surface area contributed by atoms with E-state index in [0.29, 0.717) is 33.0 Å². The van der Waals surface area contributed by atoms with E-state index in [1.165, 1.54) is 12.1 Å². The molecule has 1 aromatic heterocycles. The molecule has 0 unspecified atom stereocenters. The lowest BCUT2D eigenvalue weighted by Crippen LogP contribution is -2.31. The predicted molar refractivity (Wildman–Crippen MR) is 170 cm³/mol.